The predicted octanol–water partition coefficient (Wildman–Crippen LogP) is 1.03. The first-order valence-corrected chi connectivity index (χ1v) is 6.93. The Kier molecular flexibility index (Phi) is 4.22. The average molecular weight is 254 g/mol. The number of carbonyl (C=O) groups excluding carboxylic acids is 1. The van der Waals surface area contributed by atoms with Gasteiger partial charge in [-0.15, -0.1) is 0 Å². The van der Waals surface area contributed by atoms with Gasteiger partial charge in [0.2, 0.25) is 5.91 Å². The fourth-order valence-electron chi connectivity index (χ4n) is 2.96. The maximum atomic E-state index is 12.1. The molecule has 102 valence electrons. The predicted molar refractivity (Wildman–Crippen MR) is 67.2 cm³/mol. The molecule has 0 aromatic carbocycles. The van der Waals surface area contributed by atoms with Gasteiger partial charge < -0.3 is 15.7 Å². The number of rotatable bonds is 3. The molecule has 0 aromatic rings. The Labute approximate surface area is 107 Å². The molecular weight excluding hydrogens is 232 g/mol. The Balaban J connectivity index is 2.04. The lowest BCUT2D eigenvalue weighted by atomic mass is 9.89. The molecule has 5 heteroatoms. The van der Waals surface area contributed by atoms with Crippen LogP contribution in [-0.4, -0.2) is 35.1 Å². The van der Waals surface area contributed by atoms with Crippen molar-refractivity contribution in [2.45, 2.75) is 62.9 Å². The number of aliphatic carboxylic acids is 1. The third-order valence-corrected chi connectivity index (χ3v) is 4.11. The molecule has 5 nitrogen and oxygen atoms in total. The number of amides is 1. The van der Waals surface area contributed by atoms with Gasteiger partial charge in [-0.3, -0.25) is 4.79 Å². The Bertz CT molecular complexity index is 316. The summed E-state index contributed by atoms with van der Waals surface area (Å²) in [7, 11) is 0. The summed E-state index contributed by atoms with van der Waals surface area (Å²) in [5.74, 6) is -1.02. The molecular formula is C13H22N2O3. The molecule has 1 amide bonds. The zero-order valence-corrected chi connectivity index (χ0v) is 10.7. The number of hydrogen-bond donors (Lipinski definition) is 3. The zero-order chi connectivity index (χ0) is 13.0. The van der Waals surface area contributed by atoms with Gasteiger partial charge in [-0.05, 0) is 32.2 Å². The van der Waals surface area contributed by atoms with E-state index in [4.69, 9.17) is 0 Å². The number of carboxylic acids is 1. The van der Waals surface area contributed by atoms with Crippen LogP contribution in [-0.2, 0) is 9.59 Å². The van der Waals surface area contributed by atoms with Gasteiger partial charge in [-0.2, -0.15) is 0 Å². The molecule has 1 saturated carbocycles. The van der Waals surface area contributed by atoms with E-state index in [-0.39, 0.29) is 11.9 Å². The smallest absolute Gasteiger partial charge is 0.329 e. The standard InChI is InChI=1S/C13H22N2O3/c16-11(10-6-5-9-14-10)15-13(12(17)18)7-3-1-2-4-8-13/h10,14H,1-9H2,(H,15,16)(H,17,18)/t10-/m1/s1. The minimum Gasteiger partial charge on any atom is -0.480 e. The van der Waals surface area contributed by atoms with Gasteiger partial charge in [0.1, 0.15) is 5.54 Å². The first kappa shape index (κ1) is 13.3. The van der Waals surface area contributed by atoms with Crippen LogP contribution in [0.1, 0.15) is 51.4 Å². The second kappa shape index (κ2) is 5.69. The van der Waals surface area contributed by atoms with E-state index in [9.17, 15) is 14.7 Å². The lowest BCUT2D eigenvalue weighted by molar-refractivity contribution is -0.148. The topological polar surface area (TPSA) is 78.4 Å². The fourth-order valence-corrected chi connectivity index (χ4v) is 2.96. The monoisotopic (exact) mass is 254 g/mol. The minimum absolute atomic E-state index is 0.142. The van der Waals surface area contributed by atoms with Crippen molar-refractivity contribution >= 4 is 11.9 Å². The Morgan fingerprint density at radius 1 is 1.11 bits per heavy atom. The Morgan fingerprint density at radius 3 is 2.28 bits per heavy atom. The van der Waals surface area contributed by atoms with Crippen molar-refractivity contribution in [2.24, 2.45) is 0 Å². The van der Waals surface area contributed by atoms with Crippen LogP contribution in [0.15, 0.2) is 0 Å². The molecule has 1 saturated heterocycles. The molecule has 1 heterocycles. The molecule has 2 aliphatic rings. The van der Waals surface area contributed by atoms with E-state index in [0.29, 0.717) is 12.8 Å². The maximum Gasteiger partial charge on any atom is 0.329 e. The summed E-state index contributed by atoms with van der Waals surface area (Å²) >= 11 is 0. The van der Waals surface area contributed by atoms with E-state index in [1.807, 2.05) is 0 Å². The van der Waals surface area contributed by atoms with E-state index < -0.39 is 11.5 Å². The highest BCUT2D eigenvalue weighted by atomic mass is 16.4. The van der Waals surface area contributed by atoms with Crippen molar-refractivity contribution in [2.75, 3.05) is 6.54 Å². The van der Waals surface area contributed by atoms with E-state index in [2.05, 4.69) is 10.6 Å². The van der Waals surface area contributed by atoms with Crippen LogP contribution in [0.5, 0.6) is 0 Å². The van der Waals surface area contributed by atoms with Crippen molar-refractivity contribution in [1.82, 2.24) is 10.6 Å². The number of carbonyl (C=O) groups is 2. The molecule has 0 unspecified atom stereocenters. The lowest BCUT2D eigenvalue weighted by Crippen LogP contribution is -2.57. The van der Waals surface area contributed by atoms with E-state index in [0.717, 1.165) is 45.1 Å². The van der Waals surface area contributed by atoms with E-state index in [1.165, 1.54) is 0 Å². The highest BCUT2D eigenvalue weighted by Gasteiger charge is 2.41. The first-order valence-electron chi connectivity index (χ1n) is 6.93. The summed E-state index contributed by atoms with van der Waals surface area (Å²) < 4.78 is 0. The summed E-state index contributed by atoms with van der Waals surface area (Å²) in [6.07, 6.45) is 6.79. The summed E-state index contributed by atoms with van der Waals surface area (Å²) in [5.41, 5.74) is -1.03. The van der Waals surface area contributed by atoms with Crippen molar-refractivity contribution in [1.29, 1.82) is 0 Å². The molecule has 0 bridgehead atoms. The number of hydrogen-bond acceptors (Lipinski definition) is 3. The fraction of sp³-hybridized carbons (Fsp3) is 0.846. The van der Waals surface area contributed by atoms with Crippen molar-refractivity contribution in [3.8, 4) is 0 Å². The molecule has 1 atom stereocenters. The second-order valence-corrected chi connectivity index (χ2v) is 5.44. The Morgan fingerprint density at radius 2 is 1.78 bits per heavy atom. The van der Waals surface area contributed by atoms with Gasteiger partial charge in [-0.25, -0.2) is 4.79 Å². The molecule has 2 fully saturated rings. The van der Waals surface area contributed by atoms with Crippen LogP contribution >= 0.6 is 0 Å². The van der Waals surface area contributed by atoms with Gasteiger partial charge in [0.15, 0.2) is 0 Å². The molecule has 1 aliphatic carbocycles. The highest BCUT2D eigenvalue weighted by Crippen LogP contribution is 2.27. The molecule has 2 rings (SSSR count). The van der Waals surface area contributed by atoms with E-state index in [1.54, 1.807) is 0 Å². The Hall–Kier alpha value is -1.10. The third kappa shape index (κ3) is 2.83. The highest BCUT2D eigenvalue weighted by molar-refractivity contribution is 5.89. The minimum atomic E-state index is -1.03. The normalized spacial score (nSPS) is 27.4. The first-order chi connectivity index (χ1) is 8.64. The maximum absolute atomic E-state index is 12.1. The summed E-state index contributed by atoms with van der Waals surface area (Å²) in [6.45, 7) is 0.845. The third-order valence-electron chi connectivity index (χ3n) is 4.11. The zero-order valence-electron chi connectivity index (χ0n) is 10.7. The summed E-state index contributed by atoms with van der Waals surface area (Å²) in [6, 6.07) is -0.204. The molecule has 0 radical (unpaired) electrons. The summed E-state index contributed by atoms with van der Waals surface area (Å²) in [4.78, 5) is 23.6. The van der Waals surface area contributed by atoms with E-state index >= 15 is 0 Å². The van der Waals surface area contributed by atoms with Gasteiger partial charge in [0.25, 0.3) is 0 Å². The molecule has 0 spiro atoms. The van der Waals surface area contributed by atoms with Crippen molar-refractivity contribution < 1.29 is 14.7 Å². The largest absolute Gasteiger partial charge is 0.480 e. The lowest BCUT2D eigenvalue weighted by Gasteiger charge is -2.30. The van der Waals surface area contributed by atoms with Crippen LogP contribution < -0.4 is 10.6 Å². The molecule has 1 aliphatic heterocycles. The van der Waals surface area contributed by atoms with Crippen LogP contribution in [0.4, 0.5) is 0 Å². The van der Waals surface area contributed by atoms with Crippen LogP contribution in [0.25, 0.3) is 0 Å². The van der Waals surface area contributed by atoms with Crippen LogP contribution in [0, 0.1) is 0 Å². The molecule has 18 heavy (non-hydrogen) atoms. The van der Waals surface area contributed by atoms with Crippen LogP contribution in [0.2, 0.25) is 0 Å². The van der Waals surface area contributed by atoms with Gasteiger partial charge in [-0.1, -0.05) is 25.7 Å². The average Bonchev–Trinajstić information content (AvgIpc) is 2.77. The number of carboxylic acid groups (broad SMARTS) is 1. The second-order valence-electron chi connectivity index (χ2n) is 5.44. The van der Waals surface area contributed by atoms with Gasteiger partial charge in [0.05, 0.1) is 6.04 Å². The van der Waals surface area contributed by atoms with Crippen LogP contribution in [0.3, 0.4) is 0 Å². The quantitative estimate of drug-likeness (QED) is 0.657. The van der Waals surface area contributed by atoms with Crippen molar-refractivity contribution in [3.63, 3.8) is 0 Å². The molecule has 0 aromatic heterocycles. The van der Waals surface area contributed by atoms with Gasteiger partial charge in [0, 0.05) is 0 Å². The number of nitrogens with one attached hydrogen (secondary N) is 2. The summed E-state index contributed by atoms with van der Waals surface area (Å²) in [5, 5.41) is 15.4. The van der Waals surface area contributed by atoms with Crippen molar-refractivity contribution in [3.05, 3.63) is 0 Å². The SMILES string of the molecule is O=C(NC1(C(=O)O)CCCCCC1)[C@H]1CCCN1. The van der Waals surface area contributed by atoms with Gasteiger partial charge >= 0.3 is 5.97 Å². The molecule has 3 N–H and O–H groups in total.